The zero-order valence-electron chi connectivity index (χ0n) is 18.6. The van der Waals surface area contributed by atoms with Crippen molar-refractivity contribution in [2.45, 2.75) is 59.2 Å². The van der Waals surface area contributed by atoms with Crippen LogP contribution in [-0.4, -0.2) is 68.2 Å². The van der Waals surface area contributed by atoms with Gasteiger partial charge in [0.25, 0.3) is 0 Å². The van der Waals surface area contributed by atoms with E-state index in [1.807, 2.05) is 0 Å². The van der Waals surface area contributed by atoms with Crippen LogP contribution in [0.5, 0.6) is 0 Å². The predicted octanol–water partition coefficient (Wildman–Crippen LogP) is 1.14. The van der Waals surface area contributed by atoms with Crippen LogP contribution < -0.4 is 0 Å². The number of aliphatic hydroxyl groups is 1. The molecule has 0 rings (SSSR count). The quantitative estimate of drug-likeness (QED) is 0.205. The first kappa shape index (κ1) is 38.1. The molecule has 176 valence electrons. The van der Waals surface area contributed by atoms with Gasteiger partial charge in [-0.25, -0.2) is 9.59 Å². The second-order valence-electron chi connectivity index (χ2n) is 6.62. The Morgan fingerprint density at radius 2 is 1.31 bits per heavy atom. The molecule has 0 aliphatic rings. The van der Waals surface area contributed by atoms with Crippen molar-refractivity contribution in [2.75, 3.05) is 26.4 Å². The van der Waals surface area contributed by atoms with E-state index in [4.69, 9.17) is 14.3 Å². The Morgan fingerprint density at radius 3 is 1.69 bits per heavy atom. The summed E-state index contributed by atoms with van der Waals surface area (Å²) < 4.78 is 15.4. The highest BCUT2D eigenvalue weighted by Gasteiger charge is 2.21. The number of unbranched alkanes of at least 4 members (excludes halogenated alkanes) is 1. The molecule has 29 heavy (non-hydrogen) atoms. The van der Waals surface area contributed by atoms with E-state index in [-0.39, 0.29) is 35.6 Å². The fourth-order valence-corrected chi connectivity index (χ4v) is 3.45. The van der Waals surface area contributed by atoms with Crippen LogP contribution in [0, 0.1) is 0 Å². The van der Waals surface area contributed by atoms with Gasteiger partial charge in [0, 0.05) is 17.8 Å². The van der Waals surface area contributed by atoms with Gasteiger partial charge in [-0.05, 0) is 45.8 Å². The molecular weight excluding hydrogens is 400 g/mol. The summed E-state index contributed by atoms with van der Waals surface area (Å²) in [5.41, 5.74) is 0.809. The maximum atomic E-state index is 11.1. The minimum absolute atomic E-state index is 0. The Morgan fingerprint density at radius 1 is 0.862 bits per heavy atom. The van der Waals surface area contributed by atoms with Gasteiger partial charge in [0.2, 0.25) is 0 Å². The molecular formula is C19H42O9Si. The summed E-state index contributed by atoms with van der Waals surface area (Å²) in [6.45, 7) is 17.9. The van der Waals surface area contributed by atoms with Crippen LogP contribution in [0.25, 0.3) is 0 Å². The highest BCUT2D eigenvalue weighted by atomic mass is 28.4. The van der Waals surface area contributed by atoms with Crippen LogP contribution in [0.1, 0.15) is 40.0 Å². The van der Waals surface area contributed by atoms with E-state index >= 15 is 0 Å². The summed E-state index contributed by atoms with van der Waals surface area (Å²) in [6, 6.07) is 1.03. The highest BCUT2D eigenvalue weighted by molar-refractivity contribution is 6.71. The minimum atomic E-state index is -1.55. The molecule has 0 spiro atoms. The minimum Gasteiger partial charge on any atom is -0.462 e. The van der Waals surface area contributed by atoms with Crippen molar-refractivity contribution >= 4 is 20.3 Å². The SMILES string of the molecule is C=C(C)C(=O)OCCC[Si](C)(C)OCCCC.C=C(C)C(=O)OCCO.O.O.O. The first-order valence-corrected chi connectivity index (χ1v) is 12.1. The molecule has 0 aliphatic carbocycles. The van der Waals surface area contributed by atoms with E-state index in [2.05, 4.69) is 37.9 Å². The number of ether oxygens (including phenoxy) is 2. The van der Waals surface area contributed by atoms with Crippen molar-refractivity contribution < 1.29 is 45.0 Å². The number of carbonyl (C=O) groups is 2. The van der Waals surface area contributed by atoms with Crippen molar-refractivity contribution in [2.24, 2.45) is 0 Å². The van der Waals surface area contributed by atoms with E-state index in [1.54, 1.807) is 13.8 Å². The van der Waals surface area contributed by atoms with E-state index < -0.39 is 14.3 Å². The molecule has 0 saturated heterocycles. The first-order chi connectivity index (χ1) is 12.1. The van der Waals surface area contributed by atoms with Crippen molar-refractivity contribution in [1.29, 1.82) is 0 Å². The smallest absolute Gasteiger partial charge is 0.333 e. The lowest BCUT2D eigenvalue weighted by molar-refractivity contribution is -0.140. The Hall–Kier alpha value is -1.56. The van der Waals surface area contributed by atoms with Gasteiger partial charge in [0.15, 0.2) is 8.32 Å². The van der Waals surface area contributed by atoms with Crippen LogP contribution in [0.3, 0.4) is 0 Å². The van der Waals surface area contributed by atoms with Crippen LogP contribution in [0.2, 0.25) is 19.1 Å². The maximum absolute atomic E-state index is 11.1. The normalized spacial score (nSPS) is 9.31. The Balaban J connectivity index is -0.000000139. The molecule has 0 aliphatic heterocycles. The standard InChI is InChI=1S/C13H26O3Si.C6H10O3.3H2O/c1-6-7-10-16-17(4,5)11-8-9-15-13(14)12(2)3;1-5(2)6(8)9-4-3-7;;;/h2,6-11H2,1,3-5H3;7H,1,3-4H2,2H3;3*1H2. The summed E-state index contributed by atoms with van der Waals surface area (Å²) in [6.07, 6.45) is 3.17. The van der Waals surface area contributed by atoms with Gasteiger partial charge in [-0.15, -0.1) is 0 Å². The fraction of sp³-hybridized carbons (Fsp3) is 0.684. The molecule has 0 aromatic heterocycles. The average Bonchev–Trinajstić information content (AvgIpc) is 2.56. The number of hydrogen-bond donors (Lipinski definition) is 1. The molecule has 0 heterocycles. The van der Waals surface area contributed by atoms with Crippen molar-refractivity contribution in [1.82, 2.24) is 0 Å². The zero-order chi connectivity index (χ0) is 20.6. The predicted molar refractivity (Wildman–Crippen MR) is 117 cm³/mol. The fourth-order valence-electron chi connectivity index (χ4n) is 1.61. The molecule has 0 bridgehead atoms. The van der Waals surface area contributed by atoms with E-state index in [1.165, 1.54) is 6.42 Å². The Kier molecular flexibility index (Phi) is 29.8. The lowest BCUT2D eigenvalue weighted by atomic mass is 10.4. The number of rotatable bonds is 12. The van der Waals surface area contributed by atoms with E-state index in [0.29, 0.717) is 17.8 Å². The Bertz CT molecular complexity index is 451. The molecule has 0 unspecified atom stereocenters. The van der Waals surface area contributed by atoms with E-state index in [9.17, 15) is 9.59 Å². The number of esters is 2. The third-order valence-corrected chi connectivity index (χ3v) is 5.71. The van der Waals surface area contributed by atoms with Gasteiger partial charge >= 0.3 is 11.9 Å². The van der Waals surface area contributed by atoms with Crippen molar-refractivity contribution in [3.8, 4) is 0 Å². The Labute approximate surface area is 175 Å². The third-order valence-electron chi connectivity index (χ3n) is 3.17. The van der Waals surface area contributed by atoms with Crippen LogP contribution >= 0.6 is 0 Å². The number of hydrogen-bond acceptors (Lipinski definition) is 6. The van der Waals surface area contributed by atoms with Crippen LogP contribution in [0.15, 0.2) is 24.3 Å². The molecule has 10 heteroatoms. The molecule has 0 aromatic rings. The van der Waals surface area contributed by atoms with Gasteiger partial charge in [0.05, 0.1) is 13.2 Å². The van der Waals surface area contributed by atoms with Crippen LogP contribution in [0.4, 0.5) is 0 Å². The molecule has 0 saturated carbocycles. The van der Waals surface area contributed by atoms with Crippen LogP contribution in [-0.2, 0) is 23.5 Å². The maximum Gasteiger partial charge on any atom is 0.333 e. The lowest BCUT2D eigenvalue weighted by Gasteiger charge is -2.22. The van der Waals surface area contributed by atoms with Gasteiger partial charge in [-0.2, -0.15) is 0 Å². The van der Waals surface area contributed by atoms with Gasteiger partial charge in [-0.1, -0.05) is 26.5 Å². The lowest BCUT2D eigenvalue weighted by Crippen LogP contribution is -2.31. The van der Waals surface area contributed by atoms with Crippen molar-refractivity contribution in [3.63, 3.8) is 0 Å². The van der Waals surface area contributed by atoms with E-state index in [0.717, 1.165) is 25.5 Å². The second kappa shape index (κ2) is 22.7. The summed E-state index contributed by atoms with van der Waals surface area (Å²) in [7, 11) is -1.55. The summed E-state index contributed by atoms with van der Waals surface area (Å²) >= 11 is 0. The highest BCUT2D eigenvalue weighted by Crippen LogP contribution is 2.14. The van der Waals surface area contributed by atoms with Gasteiger partial charge in [-0.3, -0.25) is 0 Å². The average molecular weight is 443 g/mol. The molecule has 0 radical (unpaired) electrons. The molecule has 7 N–H and O–H groups in total. The molecule has 9 nitrogen and oxygen atoms in total. The topological polar surface area (TPSA) is 177 Å². The molecule has 0 fully saturated rings. The van der Waals surface area contributed by atoms with Crippen molar-refractivity contribution in [3.05, 3.63) is 24.3 Å². The zero-order valence-corrected chi connectivity index (χ0v) is 19.6. The molecule has 0 aromatic carbocycles. The second-order valence-corrected chi connectivity index (χ2v) is 10.9. The largest absolute Gasteiger partial charge is 0.462 e. The first-order valence-electron chi connectivity index (χ1n) is 8.97. The molecule has 0 amide bonds. The summed E-state index contributed by atoms with van der Waals surface area (Å²) in [5, 5.41) is 8.19. The molecule has 0 atom stereocenters. The van der Waals surface area contributed by atoms with Gasteiger partial charge < -0.3 is 35.4 Å². The summed E-state index contributed by atoms with van der Waals surface area (Å²) in [5.74, 6) is -0.750. The number of carbonyl (C=O) groups excluding carboxylic acids is 2. The number of aliphatic hydroxyl groups excluding tert-OH is 1. The third kappa shape index (κ3) is 26.4. The van der Waals surface area contributed by atoms with Gasteiger partial charge in [0.1, 0.15) is 6.61 Å². The monoisotopic (exact) mass is 442 g/mol. The summed E-state index contributed by atoms with van der Waals surface area (Å²) in [4.78, 5) is 21.6.